The summed E-state index contributed by atoms with van der Waals surface area (Å²) >= 11 is 8.60. The van der Waals surface area contributed by atoms with Gasteiger partial charge < -0.3 is 0 Å². The molecule has 0 aromatic carbocycles. The molecule has 15 heavy (non-hydrogen) atoms. The van der Waals surface area contributed by atoms with Crippen LogP contribution in [-0.4, -0.2) is 0 Å². The summed E-state index contributed by atoms with van der Waals surface area (Å²) in [6, 6.07) is 6.52. The highest BCUT2D eigenvalue weighted by molar-refractivity contribution is 8.24. The van der Waals surface area contributed by atoms with Crippen LogP contribution in [-0.2, 0) is 0 Å². The van der Waals surface area contributed by atoms with Crippen molar-refractivity contribution in [3.63, 3.8) is 0 Å². The smallest absolute Gasteiger partial charge is 0.149 e. The van der Waals surface area contributed by atoms with Gasteiger partial charge in [0.2, 0.25) is 0 Å². The molecule has 0 saturated heterocycles. The molecule has 0 aliphatic carbocycles. The van der Waals surface area contributed by atoms with Gasteiger partial charge in [0.15, 0.2) is 0 Å². The molecule has 0 heterocycles. The van der Waals surface area contributed by atoms with Gasteiger partial charge in [-0.1, -0.05) is 11.8 Å². The topological polar surface area (TPSA) is 95.2 Å². The second-order valence-corrected chi connectivity index (χ2v) is 4.43. The summed E-state index contributed by atoms with van der Waals surface area (Å²) in [6.45, 7) is 0. The van der Waals surface area contributed by atoms with Crippen molar-refractivity contribution in [3.05, 3.63) is 19.6 Å². The van der Waals surface area contributed by atoms with Crippen molar-refractivity contribution in [3.8, 4) is 24.3 Å². The molecule has 0 N–H and O–H groups in total. The minimum atomic E-state index is -0.190. The van der Waals surface area contributed by atoms with Gasteiger partial charge in [0.25, 0.3) is 0 Å². The zero-order valence-electron chi connectivity index (χ0n) is 7.09. The van der Waals surface area contributed by atoms with Crippen LogP contribution in [0.25, 0.3) is 0 Å². The van der Waals surface area contributed by atoms with E-state index in [4.69, 9.17) is 21.0 Å². The zero-order valence-corrected chi connectivity index (χ0v) is 9.70. The molecular weight excluding hydrogens is 248 g/mol. The van der Waals surface area contributed by atoms with Crippen LogP contribution < -0.4 is 0 Å². The van der Waals surface area contributed by atoms with Crippen LogP contribution in [0.4, 0.5) is 0 Å². The van der Waals surface area contributed by atoms with Crippen LogP contribution in [0.5, 0.6) is 0 Å². The molecule has 0 saturated carbocycles. The maximum Gasteiger partial charge on any atom is 0.149 e. The van der Waals surface area contributed by atoms with E-state index in [-0.39, 0.29) is 19.6 Å². The molecule has 0 aliphatic rings. The first-order valence-electron chi connectivity index (χ1n) is 3.25. The molecule has 0 atom stereocenters. The number of thioether (sulfide) groups is 1. The number of hydrogen-bond acceptors (Lipinski definition) is 7. The fourth-order valence-electron chi connectivity index (χ4n) is 0.435. The molecule has 0 fully saturated rings. The molecule has 0 unspecified atom stereocenters. The summed E-state index contributed by atoms with van der Waals surface area (Å²) in [6.07, 6.45) is 0. The summed E-state index contributed by atoms with van der Waals surface area (Å²) in [4.78, 5) is 0. The van der Waals surface area contributed by atoms with Crippen molar-refractivity contribution in [2.24, 2.45) is 0 Å². The molecule has 0 aliphatic heterocycles. The fraction of sp³-hybridized carbons (Fsp3) is 0. The summed E-state index contributed by atoms with van der Waals surface area (Å²) in [5.41, 5.74) is -0.379. The first kappa shape index (κ1) is 13.5. The van der Waals surface area contributed by atoms with Crippen LogP contribution in [0.1, 0.15) is 0 Å². The predicted molar refractivity (Wildman–Crippen MR) is 62.1 cm³/mol. The second-order valence-electron chi connectivity index (χ2n) is 1.91. The van der Waals surface area contributed by atoms with E-state index in [9.17, 15) is 0 Å². The number of hydrogen-bond donors (Lipinski definition) is 2. The van der Waals surface area contributed by atoms with Gasteiger partial charge in [-0.25, -0.2) is 0 Å². The maximum atomic E-state index is 8.50. The Morgan fingerprint density at radius 2 is 1.00 bits per heavy atom. The molecule has 0 bridgehead atoms. The molecule has 0 amide bonds. The van der Waals surface area contributed by atoms with Crippen LogP contribution in [0, 0.1) is 45.3 Å². The number of rotatable bonds is 2. The standard InChI is InChI=1S/C8H2N4S3/c9-1-5(2-10)7(13)15-8(14)6(3-11)4-12/h13-14H. The quantitative estimate of drug-likeness (QED) is 0.578. The Kier molecular flexibility index (Phi) is 6.18. The van der Waals surface area contributed by atoms with Crippen molar-refractivity contribution in [2.75, 3.05) is 0 Å². The third-order valence-corrected chi connectivity index (χ3v) is 2.86. The normalized spacial score (nSPS) is 7.33. The molecule has 0 aromatic heterocycles. The van der Waals surface area contributed by atoms with Gasteiger partial charge in [-0.15, -0.1) is 25.3 Å². The van der Waals surface area contributed by atoms with Crippen molar-refractivity contribution >= 4 is 37.0 Å². The van der Waals surface area contributed by atoms with E-state index in [1.807, 2.05) is 0 Å². The van der Waals surface area contributed by atoms with E-state index in [1.165, 1.54) is 0 Å². The van der Waals surface area contributed by atoms with Crippen LogP contribution >= 0.6 is 37.0 Å². The van der Waals surface area contributed by atoms with Gasteiger partial charge in [-0.3, -0.25) is 0 Å². The second kappa shape index (κ2) is 6.87. The van der Waals surface area contributed by atoms with Gasteiger partial charge in [0.1, 0.15) is 35.4 Å². The average Bonchev–Trinajstić information content (AvgIpc) is 2.21. The van der Waals surface area contributed by atoms with Gasteiger partial charge in [0.05, 0.1) is 8.47 Å². The van der Waals surface area contributed by atoms with E-state index < -0.39 is 0 Å². The first-order chi connectivity index (χ1) is 7.10. The van der Waals surface area contributed by atoms with Crippen molar-refractivity contribution in [2.45, 2.75) is 0 Å². The van der Waals surface area contributed by atoms with Crippen LogP contribution in [0.15, 0.2) is 19.6 Å². The summed E-state index contributed by atoms with van der Waals surface area (Å²) in [5.74, 6) is 0. The SMILES string of the molecule is N#CC(C#N)=C(S)SC(S)=C(C#N)C#N. The Balaban J connectivity index is 5.15. The third-order valence-electron chi connectivity index (χ3n) is 1.07. The first-order valence-corrected chi connectivity index (χ1v) is 4.96. The molecule has 4 nitrogen and oxygen atoms in total. The minimum absolute atomic E-state index is 0.105. The highest BCUT2D eigenvalue weighted by Crippen LogP contribution is 2.34. The van der Waals surface area contributed by atoms with Gasteiger partial charge >= 0.3 is 0 Å². The Morgan fingerprint density at radius 3 is 1.20 bits per heavy atom. The summed E-state index contributed by atoms with van der Waals surface area (Å²) < 4.78 is 0.209. The Bertz CT molecular complexity index is 412. The van der Waals surface area contributed by atoms with E-state index in [0.717, 1.165) is 11.8 Å². The molecular formula is C8H2N4S3. The number of thiol groups is 2. The van der Waals surface area contributed by atoms with E-state index in [2.05, 4.69) is 25.3 Å². The Hall–Kier alpha value is -1.51. The highest BCUT2D eigenvalue weighted by Gasteiger charge is 2.08. The Morgan fingerprint density at radius 1 is 0.733 bits per heavy atom. The molecule has 7 heteroatoms. The molecule has 0 aromatic rings. The van der Waals surface area contributed by atoms with Crippen molar-refractivity contribution in [1.29, 1.82) is 21.0 Å². The maximum absolute atomic E-state index is 8.50. The van der Waals surface area contributed by atoms with Gasteiger partial charge in [0, 0.05) is 0 Å². The number of nitriles is 4. The fourth-order valence-corrected chi connectivity index (χ4v) is 1.97. The predicted octanol–water partition coefficient (Wildman–Crippen LogP) is 2.10. The van der Waals surface area contributed by atoms with Gasteiger partial charge in [-0.2, -0.15) is 21.0 Å². The molecule has 72 valence electrons. The lowest BCUT2D eigenvalue weighted by Crippen LogP contribution is -1.79. The lowest BCUT2D eigenvalue weighted by Gasteiger charge is -1.98. The monoisotopic (exact) mass is 250 g/mol. The molecule has 0 rings (SSSR count). The largest absolute Gasteiger partial charge is 0.192 e. The minimum Gasteiger partial charge on any atom is -0.192 e. The number of nitrogens with zero attached hydrogens (tertiary/aromatic N) is 4. The Labute approximate surface area is 102 Å². The molecule has 0 spiro atoms. The lowest BCUT2D eigenvalue weighted by molar-refractivity contribution is 1.46. The van der Waals surface area contributed by atoms with Crippen molar-refractivity contribution in [1.82, 2.24) is 0 Å². The van der Waals surface area contributed by atoms with E-state index >= 15 is 0 Å². The highest BCUT2D eigenvalue weighted by atomic mass is 32.2. The number of allylic oxidation sites excluding steroid dienone is 2. The molecule has 0 radical (unpaired) electrons. The lowest BCUT2D eigenvalue weighted by atomic mass is 10.4. The summed E-state index contributed by atoms with van der Waals surface area (Å²) in [5, 5.41) is 34.0. The van der Waals surface area contributed by atoms with E-state index in [0.29, 0.717) is 0 Å². The third kappa shape index (κ3) is 4.02. The summed E-state index contributed by atoms with van der Waals surface area (Å²) in [7, 11) is 0. The van der Waals surface area contributed by atoms with E-state index in [1.54, 1.807) is 24.3 Å². The zero-order chi connectivity index (χ0) is 11.8. The van der Waals surface area contributed by atoms with Crippen LogP contribution in [0.2, 0.25) is 0 Å². The van der Waals surface area contributed by atoms with Gasteiger partial charge in [-0.05, 0) is 0 Å². The van der Waals surface area contributed by atoms with Crippen LogP contribution in [0.3, 0.4) is 0 Å². The average molecular weight is 250 g/mol. The van der Waals surface area contributed by atoms with Crippen molar-refractivity contribution < 1.29 is 0 Å².